The van der Waals surface area contributed by atoms with Crippen LogP contribution < -0.4 is 5.32 Å². The summed E-state index contributed by atoms with van der Waals surface area (Å²) in [6, 6.07) is 13.1. The summed E-state index contributed by atoms with van der Waals surface area (Å²) in [6.45, 7) is 4.77. The van der Waals surface area contributed by atoms with Gasteiger partial charge in [0.05, 0.1) is 5.52 Å². The van der Waals surface area contributed by atoms with E-state index in [4.69, 9.17) is 0 Å². The highest BCUT2D eigenvalue weighted by atomic mass is 19.1. The van der Waals surface area contributed by atoms with Crippen molar-refractivity contribution >= 4 is 11.0 Å². The second-order valence-corrected chi connectivity index (χ2v) is 5.31. The summed E-state index contributed by atoms with van der Waals surface area (Å²) in [6.07, 6.45) is 0. The molecule has 21 heavy (non-hydrogen) atoms. The van der Waals surface area contributed by atoms with Crippen molar-refractivity contribution in [3.8, 4) is 5.69 Å². The van der Waals surface area contributed by atoms with E-state index < -0.39 is 0 Å². The summed E-state index contributed by atoms with van der Waals surface area (Å²) in [5.41, 5.74) is 2.87. The number of aromatic nitrogens is 3. The standard InChI is InChI=1S/C16H17FN4/c1-11(2)18-10-12-7-8-15(13(17)9-12)21-16-6-4-3-5-14(16)19-20-21/h3-9,11,18H,10H2,1-2H3. The van der Waals surface area contributed by atoms with E-state index in [9.17, 15) is 4.39 Å². The summed E-state index contributed by atoms with van der Waals surface area (Å²) in [7, 11) is 0. The summed E-state index contributed by atoms with van der Waals surface area (Å²) in [4.78, 5) is 0. The van der Waals surface area contributed by atoms with Crippen LogP contribution >= 0.6 is 0 Å². The van der Waals surface area contributed by atoms with Gasteiger partial charge in [0.2, 0.25) is 0 Å². The maximum atomic E-state index is 14.3. The molecule has 0 saturated carbocycles. The molecule has 5 heteroatoms. The zero-order chi connectivity index (χ0) is 14.8. The highest BCUT2D eigenvalue weighted by molar-refractivity contribution is 5.75. The van der Waals surface area contributed by atoms with E-state index in [0.717, 1.165) is 16.6 Å². The Balaban J connectivity index is 1.96. The van der Waals surface area contributed by atoms with E-state index in [0.29, 0.717) is 18.3 Å². The summed E-state index contributed by atoms with van der Waals surface area (Å²) < 4.78 is 15.9. The molecule has 3 rings (SSSR count). The number of para-hydroxylation sites is 1. The third-order valence-corrected chi connectivity index (χ3v) is 3.31. The number of benzene rings is 2. The average molecular weight is 284 g/mol. The lowest BCUT2D eigenvalue weighted by Crippen LogP contribution is -2.21. The largest absolute Gasteiger partial charge is 0.310 e. The van der Waals surface area contributed by atoms with Crippen LogP contribution in [0.1, 0.15) is 19.4 Å². The van der Waals surface area contributed by atoms with E-state index in [-0.39, 0.29) is 5.82 Å². The van der Waals surface area contributed by atoms with Gasteiger partial charge < -0.3 is 5.32 Å². The van der Waals surface area contributed by atoms with Crippen molar-refractivity contribution in [2.24, 2.45) is 0 Å². The zero-order valence-electron chi connectivity index (χ0n) is 12.0. The smallest absolute Gasteiger partial charge is 0.149 e. The SMILES string of the molecule is CC(C)NCc1ccc(-n2nnc3ccccc32)c(F)c1. The number of nitrogens with zero attached hydrogens (tertiary/aromatic N) is 3. The van der Waals surface area contributed by atoms with E-state index >= 15 is 0 Å². The molecule has 1 aromatic heterocycles. The van der Waals surface area contributed by atoms with Gasteiger partial charge in [-0.2, -0.15) is 0 Å². The minimum Gasteiger partial charge on any atom is -0.310 e. The Hall–Kier alpha value is -2.27. The first-order valence-electron chi connectivity index (χ1n) is 6.98. The van der Waals surface area contributed by atoms with Crippen LogP contribution in [0, 0.1) is 5.82 Å². The molecule has 2 aromatic carbocycles. The van der Waals surface area contributed by atoms with E-state index in [2.05, 4.69) is 29.5 Å². The molecule has 0 atom stereocenters. The van der Waals surface area contributed by atoms with E-state index in [1.54, 1.807) is 12.1 Å². The number of hydrogen-bond acceptors (Lipinski definition) is 3. The van der Waals surface area contributed by atoms with Crippen LogP contribution in [0.3, 0.4) is 0 Å². The van der Waals surface area contributed by atoms with Gasteiger partial charge in [0.1, 0.15) is 17.0 Å². The monoisotopic (exact) mass is 284 g/mol. The number of nitrogens with one attached hydrogen (secondary N) is 1. The van der Waals surface area contributed by atoms with Crippen molar-refractivity contribution in [1.29, 1.82) is 0 Å². The van der Waals surface area contributed by atoms with Crippen LogP contribution in [0.4, 0.5) is 4.39 Å². The van der Waals surface area contributed by atoms with Crippen molar-refractivity contribution in [2.75, 3.05) is 0 Å². The Morgan fingerprint density at radius 3 is 2.76 bits per heavy atom. The highest BCUT2D eigenvalue weighted by Crippen LogP contribution is 2.19. The molecule has 0 aliphatic heterocycles. The lowest BCUT2D eigenvalue weighted by Gasteiger charge is -2.10. The predicted molar refractivity (Wildman–Crippen MR) is 80.8 cm³/mol. The highest BCUT2D eigenvalue weighted by Gasteiger charge is 2.11. The predicted octanol–water partition coefficient (Wildman–Crippen LogP) is 3.06. The van der Waals surface area contributed by atoms with Gasteiger partial charge in [-0.25, -0.2) is 9.07 Å². The lowest BCUT2D eigenvalue weighted by molar-refractivity contribution is 0.578. The van der Waals surface area contributed by atoms with Gasteiger partial charge in [-0.15, -0.1) is 5.10 Å². The van der Waals surface area contributed by atoms with Crippen molar-refractivity contribution in [3.63, 3.8) is 0 Å². The topological polar surface area (TPSA) is 42.7 Å². The van der Waals surface area contributed by atoms with E-state index in [1.807, 2.05) is 30.3 Å². The van der Waals surface area contributed by atoms with Crippen LogP contribution in [0.5, 0.6) is 0 Å². The molecule has 0 fully saturated rings. The van der Waals surface area contributed by atoms with Crippen molar-refractivity contribution in [2.45, 2.75) is 26.4 Å². The Morgan fingerprint density at radius 1 is 1.19 bits per heavy atom. The maximum absolute atomic E-state index is 14.3. The molecule has 0 unspecified atom stereocenters. The normalized spacial score (nSPS) is 11.4. The van der Waals surface area contributed by atoms with Gasteiger partial charge >= 0.3 is 0 Å². The molecule has 0 radical (unpaired) electrons. The quantitative estimate of drug-likeness (QED) is 0.800. The van der Waals surface area contributed by atoms with Crippen LogP contribution in [0.25, 0.3) is 16.7 Å². The Kier molecular flexibility index (Phi) is 3.66. The molecule has 1 N–H and O–H groups in total. The first-order valence-corrected chi connectivity index (χ1v) is 6.98. The lowest BCUT2D eigenvalue weighted by atomic mass is 10.2. The first-order chi connectivity index (χ1) is 10.1. The van der Waals surface area contributed by atoms with Gasteiger partial charge in [0, 0.05) is 12.6 Å². The number of fused-ring (bicyclic) bond motifs is 1. The van der Waals surface area contributed by atoms with Gasteiger partial charge in [0.25, 0.3) is 0 Å². The number of hydrogen-bond donors (Lipinski definition) is 1. The third kappa shape index (κ3) is 2.78. The molecule has 1 heterocycles. The maximum Gasteiger partial charge on any atom is 0.149 e. The minimum atomic E-state index is -0.297. The zero-order valence-corrected chi connectivity index (χ0v) is 12.0. The molecule has 0 saturated heterocycles. The molecule has 0 spiro atoms. The van der Waals surface area contributed by atoms with Crippen molar-refractivity contribution in [1.82, 2.24) is 20.3 Å². The Bertz CT molecular complexity index is 764. The summed E-state index contributed by atoms with van der Waals surface area (Å²) in [5, 5.41) is 11.4. The molecule has 0 bridgehead atoms. The van der Waals surface area contributed by atoms with Crippen LogP contribution in [-0.4, -0.2) is 21.0 Å². The van der Waals surface area contributed by atoms with Crippen molar-refractivity contribution in [3.05, 3.63) is 53.8 Å². The molecular formula is C16H17FN4. The number of halogens is 1. The molecule has 3 aromatic rings. The molecule has 4 nitrogen and oxygen atoms in total. The van der Waals surface area contributed by atoms with Gasteiger partial charge in [-0.3, -0.25) is 0 Å². The van der Waals surface area contributed by atoms with Crippen molar-refractivity contribution < 1.29 is 4.39 Å². The molecule has 0 aliphatic rings. The fraction of sp³-hybridized carbons (Fsp3) is 0.250. The molecule has 0 amide bonds. The van der Waals surface area contributed by atoms with Crippen LogP contribution in [-0.2, 0) is 6.54 Å². The summed E-state index contributed by atoms with van der Waals surface area (Å²) >= 11 is 0. The first kappa shape index (κ1) is 13.7. The van der Waals surface area contributed by atoms with Crippen LogP contribution in [0.15, 0.2) is 42.5 Å². The van der Waals surface area contributed by atoms with Gasteiger partial charge in [-0.05, 0) is 29.8 Å². The average Bonchev–Trinajstić information content (AvgIpc) is 2.89. The Labute approximate surface area is 122 Å². The van der Waals surface area contributed by atoms with Gasteiger partial charge in [-0.1, -0.05) is 37.3 Å². The van der Waals surface area contributed by atoms with Crippen LogP contribution in [0.2, 0.25) is 0 Å². The number of rotatable bonds is 4. The minimum absolute atomic E-state index is 0.297. The molecule has 0 aliphatic carbocycles. The van der Waals surface area contributed by atoms with E-state index in [1.165, 1.54) is 4.68 Å². The fourth-order valence-electron chi connectivity index (χ4n) is 2.20. The molecule has 108 valence electrons. The second kappa shape index (κ2) is 5.61. The third-order valence-electron chi connectivity index (χ3n) is 3.31. The fourth-order valence-corrected chi connectivity index (χ4v) is 2.20. The molecular weight excluding hydrogens is 267 g/mol. The summed E-state index contributed by atoms with van der Waals surface area (Å²) in [5.74, 6) is -0.297. The Morgan fingerprint density at radius 2 is 2.00 bits per heavy atom. The second-order valence-electron chi connectivity index (χ2n) is 5.31. The van der Waals surface area contributed by atoms with Gasteiger partial charge in [0.15, 0.2) is 0 Å².